The first kappa shape index (κ1) is 16.3. The van der Waals surface area contributed by atoms with Gasteiger partial charge in [0.05, 0.1) is 5.39 Å². The van der Waals surface area contributed by atoms with Gasteiger partial charge in [-0.1, -0.05) is 35.5 Å². The molecule has 0 aliphatic carbocycles. The first-order valence-corrected chi connectivity index (χ1v) is 8.76. The number of amides is 2. The lowest BCUT2D eigenvalue weighted by Gasteiger charge is -2.15. The SMILES string of the molecule is O=C(N[C@H]1CCCCNC1=O)c1ccc2noc(-c3ccccc3)c2c1. The molecular weight excluding hydrogens is 330 g/mol. The molecule has 6 nitrogen and oxygen atoms in total. The van der Waals surface area contributed by atoms with Crippen LogP contribution in [0.5, 0.6) is 0 Å². The summed E-state index contributed by atoms with van der Waals surface area (Å²) in [5.74, 6) is 0.239. The molecule has 0 bridgehead atoms. The van der Waals surface area contributed by atoms with Gasteiger partial charge < -0.3 is 15.2 Å². The van der Waals surface area contributed by atoms with Gasteiger partial charge in [0.1, 0.15) is 11.6 Å². The fourth-order valence-corrected chi connectivity index (χ4v) is 3.20. The number of aromatic nitrogens is 1. The van der Waals surface area contributed by atoms with E-state index in [1.54, 1.807) is 18.2 Å². The largest absolute Gasteiger partial charge is 0.355 e. The lowest BCUT2D eigenvalue weighted by molar-refractivity contribution is -0.122. The van der Waals surface area contributed by atoms with E-state index in [2.05, 4.69) is 15.8 Å². The number of nitrogens with one attached hydrogen (secondary N) is 2. The van der Waals surface area contributed by atoms with E-state index in [9.17, 15) is 9.59 Å². The normalized spacial score (nSPS) is 17.5. The van der Waals surface area contributed by atoms with Gasteiger partial charge in [-0.2, -0.15) is 0 Å². The van der Waals surface area contributed by atoms with Crippen LogP contribution in [-0.2, 0) is 4.79 Å². The molecule has 1 aromatic heterocycles. The Morgan fingerprint density at radius 3 is 2.85 bits per heavy atom. The topological polar surface area (TPSA) is 84.2 Å². The smallest absolute Gasteiger partial charge is 0.251 e. The summed E-state index contributed by atoms with van der Waals surface area (Å²) in [5, 5.41) is 10.5. The van der Waals surface area contributed by atoms with Crippen LogP contribution in [-0.4, -0.2) is 29.6 Å². The van der Waals surface area contributed by atoms with E-state index < -0.39 is 6.04 Å². The van der Waals surface area contributed by atoms with Crippen LogP contribution in [0.1, 0.15) is 29.6 Å². The number of hydrogen-bond donors (Lipinski definition) is 2. The Hall–Kier alpha value is -3.15. The van der Waals surface area contributed by atoms with Gasteiger partial charge in [0.15, 0.2) is 5.76 Å². The highest BCUT2D eigenvalue weighted by Crippen LogP contribution is 2.29. The van der Waals surface area contributed by atoms with Crippen LogP contribution < -0.4 is 10.6 Å². The number of hydrogen-bond acceptors (Lipinski definition) is 4. The second kappa shape index (κ2) is 7.00. The summed E-state index contributed by atoms with van der Waals surface area (Å²) >= 11 is 0. The minimum atomic E-state index is -0.489. The molecule has 2 N–H and O–H groups in total. The highest BCUT2D eigenvalue weighted by molar-refractivity contribution is 6.02. The van der Waals surface area contributed by atoms with E-state index in [0.29, 0.717) is 29.8 Å². The molecule has 2 heterocycles. The predicted octanol–water partition coefficient (Wildman–Crippen LogP) is 2.89. The number of rotatable bonds is 3. The lowest BCUT2D eigenvalue weighted by Crippen LogP contribution is -2.45. The third-order valence-electron chi connectivity index (χ3n) is 4.62. The summed E-state index contributed by atoms with van der Waals surface area (Å²) in [5.41, 5.74) is 2.07. The number of carbonyl (C=O) groups excluding carboxylic acids is 2. The number of fused-ring (bicyclic) bond motifs is 1. The van der Waals surface area contributed by atoms with Gasteiger partial charge in [-0.3, -0.25) is 9.59 Å². The zero-order chi connectivity index (χ0) is 17.9. The van der Waals surface area contributed by atoms with Crippen molar-refractivity contribution in [2.75, 3.05) is 6.54 Å². The van der Waals surface area contributed by atoms with E-state index in [4.69, 9.17) is 4.52 Å². The fraction of sp³-hybridized carbons (Fsp3) is 0.250. The molecule has 1 aliphatic rings. The van der Waals surface area contributed by atoms with Gasteiger partial charge in [-0.25, -0.2) is 0 Å². The van der Waals surface area contributed by atoms with Crippen LogP contribution in [0.15, 0.2) is 53.1 Å². The van der Waals surface area contributed by atoms with E-state index in [1.165, 1.54) is 0 Å². The molecule has 1 atom stereocenters. The quantitative estimate of drug-likeness (QED) is 0.761. The van der Waals surface area contributed by atoms with Crippen LogP contribution in [0.25, 0.3) is 22.2 Å². The maximum Gasteiger partial charge on any atom is 0.251 e. The summed E-state index contributed by atoms with van der Waals surface area (Å²) in [6.07, 6.45) is 2.50. The summed E-state index contributed by atoms with van der Waals surface area (Å²) < 4.78 is 5.47. The highest BCUT2D eigenvalue weighted by atomic mass is 16.5. The molecule has 132 valence electrons. The van der Waals surface area contributed by atoms with Crippen molar-refractivity contribution >= 4 is 22.7 Å². The monoisotopic (exact) mass is 349 g/mol. The zero-order valence-electron chi connectivity index (χ0n) is 14.2. The third-order valence-corrected chi connectivity index (χ3v) is 4.62. The van der Waals surface area contributed by atoms with E-state index >= 15 is 0 Å². The lowest BCUT2D eigenvalue weighted by atomic mass is 10.1. The molecule has 3 aromatic rings. The maximum atomic E-state index is 12.6. The molecule has 1 fully saturated rings. The summed E-state index contributed by atoms with van der Waals surface area (Å²) in [4.78, 5) is 24.7. The van der Waals surface area contributed by atoms with Crippen molar-refractivity contribution in [2.24, 2.45) is 0 Å². The number of carbonyl (C=O) groups is 2. The molecule has 2 amide bonds. The van der Waals surface area contributed by atoms with Crippen LogP contribution in [0, 0.1) is 0 Å². The number of benzene rings is 2. The average molecular weight is 349 g/mol. The Balaban J connectivity index is 1.62. The second-order valence-corrected chi connectivity index (χ2v) is 6.42. The summed E-state index contributed by atoms with van der Waals surface area (Å²) in [6.45, 7) is 0.665. The van der Waals surface area contributed by atoms with Gasteiger partial charge >= 0.3 is 0 Å². The Labute approximate surface area is 150 Å². The minimum Gasteiger partial charge on any atom is -0.355 e. The number of nitrogens with zero attached hydrogens (tertiary/aromatic N) is 1. The standard InChI is InChI=1S/C20H19N3O3/c24-19(22-17-8-4-5-11-21-20(17)25)14-9-10-16-15(12-14)18(26-23-16)13-6-2-1-3-7-13/h1-3,6-7,9-10,12,17H,4-5,8,11H2,(H,21,25)(H,22,24)/t17-/m0/s1. The molecule has 2 aromatic carbocycles. The Morgan fingerprint density at radius 1 is 1.15 bits per heavy atom. The summed E-state index contributed by atoms with van der Waals surface area (Å²) in [7, 11) is 0. The maximum absolute atomic E-state index is 12.6. The Morgan fingerprint density at radius 2 is 2.00 bits per heavy atom. The average Bonchev–Trinajstić information content (AvgIpc) is 3.00. The molecule has 1 saturated heterocycles. The van der Waals surface area contributed by atoms with Crippen molar-refractivity contribution < 1.29 is 14.1 Å². The highest BCUT2D eigenvalue weighted by Gasteiger charge is 2.23. The van der Waals surface area contributed by atoms with Crippen molar-refractivity contribution in [1.29, 1.82) is 0 Å². The minimum absolute atomic E-state index is 0.119. The first-order chi connectivity index (χ1) is 12.7. The van der Waals surface area contributed by atoms with Crippen LogP contribution in [0.4, 0.5) is 0 Å². The Bertz CT molecular complexity index is 949. The van der Waals surface area contributed by atoms with Crippen LogP contribution in [0.3, 0.4) is 0 Å². The zero-order valence-corrected chi connectivity index (χ0v) is 14.2. The van der Waals surface area contributed by atoms with Crippen LogP contribution >= 0.6 is 0 Å². The van der Waals surface area contributed by atoms with Crippen molar-refractivity contribution in [1.82, 2.24) is 15.8 Å². The van der Waals surface area contributed by atoms with Crippen LogP contribution in [0.2, 0.25) is 0 Å². The third kappa shape index (κ3) is 3.18. The molecule has 0 unspecified atom stereocenters. The van der Waals surface area contributed by atoms with E-state index in [0.717, 1.165) is 23.8 Å². The molecule has 0 spiro atoms. The van der Waals surface area contributed by atoms with Gasteiger partial charge in [0.25, 0.3) is 5.91 Å². The van der Waals surface area contributed by atoms with Crippen molar-refractivity contribution in [3.8, 4) is 11.3 Å². The van der Waals surface area contributed by atoms with Crippen molar-refractivity contribution in [3.63, 3.8) is 0 Å². The molecule has 0 radical (unpaired) electrons. The summed E-state index contributed by atoms with van der Waals surface area (Å²) in [6, 6.07) is 14.4. The molecule has 1 aliphatic heterocycles. The molecule has 26 heavy (non-hydrogen) atoms. The predicted molar refractivity (Wildman–Crippen MR) is 97.6 cm³/mol. The molecule has 6 heteroatoms. The van der Waals surface area contributed by atoms with Gasteiger partial charge in [-0.15, -0.1) is 0 Å². The fourth-order valence-electron chi connectivity index (χ4n) is 3.20. The van der Waals surface area contributed by atoms with E-state index in [-0.39, 0.29) is 11.8 Å². The van der Waals surface area contributed by atoms with Crippen molar-refractivity contribution in [2.45, 2.75) is 25.3 Å². The molecule has 0 saturated carbocycles. The van der Waals surface area contributed by atoms with Gasteiger partial charge in [0, 0.05) is 17.7 Å². The molecule has 4 rings (SSSR count). The Kier molecular flexibility index (Phi) is 4.39. The van der Waals surface area contributed by atoms with Gasteiger partial charge in [-0.05, 0) is 37.5 Å². The van der Waals surface area contributed by atoms with Crippen molar-refractivity contribution in [3.05, 3.63) is 54.1 Å². The first-order valence-electron chi connectivity index (χ1n) is 8.76. The van der Waals surface area contributed by atoms with Gasteiger partial charge in [0.2, 0.25) is 5.91 Å². The second-order valence-electron chi connectivity index (χ2n) is 6.42. The molecular formula is C20H19N3O3. The van der Waals surface area contributed by atoms with E-state index in [1.807, 2.05) is 30.3 Å².